The second-order valence-corrected chi connectivity index (χ2v) is 4.77. The average molecular weight is 207 g/mol. The largest absolute Gasteiger partial charge is 0.384 e. The molecule has 0 unspecified atom stereocenters. The Labute approximate surface area is 92.0 Å². The number of aryl methyl sites for hydroxylation is 1. The molecule has 1 aromatic rings. The van der Waals surface area contributed by atoms with Gasteiger partial charge in [-0.25, -0.2) is 4.98 Å². The highest BCUT2D eigenvalue weighted by molar-refractivity contribution is 5.40. The van der Waals surface area contributed by atoms with Crippen LogP contribution < -0.4 is 5.73 Å². The molecule has 1 rings (SSSR count). The van der Waals surface area contributed by atoms with E-state index in [0.717, 1.165) is 30.3 Å². The van der Waals surface area contributed by atoms with Crippen molar-refractivity contribution in [2.75, 3.05) is 5.73 Å². The van der Waals surface area contributed by atoms with E-state index in [-0.39, 0.29) is 5.41 Å². The van der Waals surface area contributed by atoms with Gasteiger partial charge in [-0.15, -0.1) is 6.58 Å². The van der Waals surface area contributed by atoms with Crippen molar-refractivity contribution in [1.82, 2.24) is 9.55 Å². The lowest BCUT2D eigenvalue weighted by Gasteiger charge is -2.19. The maximum absolute atomic E-state index is 6.05. The van der Waals surface area contributed by atoms with Crippen molar-refractivity contribution in [3.05, 3.63) is 24.2 Å². The molecule has 0 bridgehead atoms. The van der Waals surface area contributed by atoms with Crippen LogP contribution in [0.5, 0.6) is 0 Å². The van der Waals surface area contributed by atoms with E-state index in [0.29, 0.717) is 0 Å². The highest BCUT2D eigenvalue weighted by Gasteiger charge is 2.23. The molecule has 1 heterocycles. The Kier molecular flexibility index (Phi) is 3.22. The highest BCUT2D eigenvalue weighted by atomic mass is 15.1. The fourth-order valence-corrected chi connectivity index (χ4v) is 1.66. The molecule has 3 heteroatoms. The summed E-state index contributed by atoms with van der Waals surface area (Å²) in [5, 5.41) is 0. The quantitative estimate of drug-likeness (QED) is 0.774. The van der Waals surface area contributed by atoms with E-state index >= 15 is 0 Å². The number of allylic oxidation sites excluding steroid dienone is 1. The number of hydrogen-bond acceptors (Lipinski definition) is 2. The lowest BCUT2D eigenvalue weighted by molar-refractivity contribution is 0.515. The lowest BCUT2D eigenvalue weighted by atomic mass is 9.95. The van der Waals surface area contributed by atoms with Gasteiger partial charge in [-0.2, -0.15) is 0 Å². The van der Waals surface area contributed by atoms with E-state index in [2.05, 4.69) is 39.3 Å². The van der Waals surface area contributed by atoms with Crippen LogP contribution in [0.15, 0.2) is 12.7 Å². The number of rotatable bonds is 3. The Bertz CT molecular complexity index is 356. The monoisotopic (exact) mass is 207 g/mol. The predicted molar refractivity (Wildman–Crippen MR) is 64.9 cm³/mol. The van der Waals surface area contributed by atoms with Crippen molar-refractivity contribution in [3.8, 4) is 0 Å². The predicted octanol–water partition coefficient (Wildman–Crippen LogP) is 2.51. The van der Waals surface area contributed by atoms with Gasteiger partial charge in [-0.05, 0) is 6.42 Å². The van der Waals surface area contributed by atoms with E-state index < -0.39 is 0 Å². The molecular formula is C12H21N3. The van der Waals surface area contributed by atoms with Gasteiger partial charge < -0.3 is 10.3 Å². The lowest BCUT2D eigenvalue weighted by Crippen LogP contribution is -2.19. The van der Waals surface area contributed by atoms with Crippen LogP contribution in [0.2, 0.25) is 0 Å². The van der Waals surface area contributed by atoms with Crippen LogP contribution in [-0.2, 0) is 18.4 Å². The summed E-state index contributed by atoms with van der Waals surface area (Å²) in [5.74, 6) is 1.82. The van der Waals surface area contributed by atoms with Gasteiger partial charge in [0.1, 0.15) is 11.6 Å². The third kappa shape index (κ3) is 2.22. The van der Waals surface area contributed by atoms with Crippen LogP contribution in [0.4, 0.5) is 5.82 Å². The van der Waals surface area contributed by atoms with Crippen molar-refractivity contribution < 1.29 is 0 Å². The van der Waals surface area contributed by atoms with Gasteiger partial charge >= 0.3 is 0 Å². The van der Waals surface area contributed by atoms with Crippen LogP contribution in [-0.4, -0.2) is 9.55 Å². The standard InChI is InChI=1S/C12H21N3/c1-6-8-15-10(13)9(7-2)14-11(15)12(3,4)5/h6H,1,7-8,13H2,2-5H3. The molecule has 0 aliphatic carbocycles. The molecule has 0 saturated heterocycles. The molecule has 0 aromatic carbocycles. The number of hydrogen-bond donors (Lipinski definition) is 1. The first-order valence-corrected chi connectivity index (χ1v) is 5.38. The third-order valence-corrected chi connectivity index (χ3v) is 2.40. The van der Waals surface area contributed by atoms with Crippen LogP contribution in [0.1, 0.15) is 39.2 Å². The zero-order valence-corrected chi connectivity index (χ0v) is 10.2. The Morgan fingerprint density at radius 1 is 1.47 bits per heavy atom. The average Bonchev–Trinajstić information content (AvgIpc) is 2.44. The molecule has 0 atom stereocenters. The molecule has 0 aliphatic heterocycles. The second kappa shape index (κ2) is 4.09. The molecule has 15 heavy (non-hydrogen) atoms. The molecule has 0 amide bonds. The van der Waals surface area contributed by atoms with Crippen LogP contribution in [0, 0.1) is 0 Å². The van der Waals surface area contributed by atoms with Crippen molar-refractivity contribution in [1.29, 1.82) is 0 Å². The molecule has 0 saturated carbocycles. The Hall–Kier alpha value is -1.25. The summed E-state index contributed by atoms with van der Waals surface area (Å²) in [5.41, 5.74) is 7.06. The maximum atomic E-state index is 6.05. The molecule has 0 fully saturated rings. The number of imidazole rings is 1. The Balaban J connectivity index is 3.30. The topological polar surface area (TPSA) is 43.8 Å². The second-order valence-electron chi connectivity index (χ2n) is 4.77. The fraction of sp³-hybridized carbons (Fsp3) is 0.583. The van der Waals surface area contributed by atoms with Gasteiger partial charge in [0.15, 0.2) is 0 Å². The zero-order chi connectivity index (χ0) is 11.6. The Morgan fingerprint density at radius 2 is 2.07 bits per heavy atom. The van der Waals surface area contributed by atoms with E-state index in [1.54, 1.807) is 0 Å². The summed E-state index contributed by atoms with van der Waals surface area (Å²) in [6, 6.07) is 0. The number of nitrogens with zero attached hydrogens (tertiary/aromatic N) is 2. The fourth-order valence-electron chi connectivity index (χ4n) is 1.66. The third-order valence-electron chi connectivity index (χ3n) is 2.40. The number of nitrogens with two attached hydrogens (primary N) is 1. The maximum Gasteiger partial charge on any atom is 0.127 e. The van der Waals surface area contributed by atoms with Crippen molar-refractivity contribution in [3.63, 3.8) is 0 Å². The summed E-state index contributed by atoms with van der Waals surface area (Å²) in [7, 11) is 0. The van der Waals surface area contributed by atoms with Crippen molar-refractivity contribution in [2.45, 2.75) is 46.1 Å². The zero-order valence-electron chi connectivity index (χ0n) is 10.2. The van der Waals surface area contributed by atoms with Crippen LogP contribution >= 0.6 is 0 Å². The van der Waals surface area contributed by atoms with Gasteiger partial charge in [0, 0.05) is 12.0 Å². The molecule has 0 spiro atoms. The van der Waals surface area contributed by atoms with Gasteiger partial charge in [0.05, 0.1) is 5.69 Å². The number of aromatic nitrogens is 2. The van der Waals surface area contributed by atoms with Crippen molar-refractivity contribution >= 4 is 5.82 Å². The summed E-state index contributed by atoms with van der Waals surface area (Å²) in [6.07, 6.45) is 2.73. The smallest absolute Gasteiger partial charge is 0.127 e. The molecule has 0 aliphatic rings. The minimum atomic E-state index is 0.0184. The van der Waals surface area contributed by atoms with E-state index in [4.69, 9.17) is 5.73 Å². The van der Waals surface area contributed by atoms with Gasteiger partial charge in [0.25, 0.3) is 0 Å². The van der Waals surface area contributed by atoms with Gasteiger partial charge in [-0.1, -0.05) is 33.8 Å². The van der Waals surface area contributed by atoms with Crippen molar-refractivity contribution in [2.24, 2.45) is 0 Å². The van der Waals surface area contributed by atoms with Crippen LogP contribution in [0.25, 0.3) is 0 Å². The van der Waals surface area contributed by atoms with E-state index in [1.807, 2.05) is 10.6 Å². The molecule has 2 N–H and O–H groups in total. The molecular weight excluding hydrogens is 186 g/mol. The minimum Gasteiger partial charge on any atom is -0.384 e. The number of nitrogen functional groups attached to an aromatic ring is 1. The first-order valence-electron chi connectivity index (χ1n) is 5.38. The molecule has 0 radical (unpaired) electrons. The summed E-state index contributed by atoms with van der Waals surface area (Å²) in [4.78, 5) is 4.61. The SMILES string of the molecule is C=CCn1c(C(C)(C)C)nc(CC)c1N. The van der Waals surface area contributed by atoms with E-state index in [1.165, 1.54) is 0 Å². The minimum absolute atomic E-state index is 0.0184. The van der Waals surface area contributed by atoms with Crippen LogP contribution in [0.3, 0.4) is 0 Å². The molecule has 84 valence electrons. The summed E-state index contributed by atoms with van der Waals surface area (Å²) >= 11 is 0. The Morgan fingerprint density at radius 3 is 2.47 bits per heavy atom. The first-order chi connectivity index (χ1) is 6.91. The van der Waals surface area contributed by atoms with Gasteiger partial charge in [0.2, 0.25) is 0 Å². The summed E-state index contributed by atoms with van der Waals surface area (Å²) < 4.78 is 2.05. The van der Waals surface area contributed by atoms with E-state index in [9.17, 15) is 0 Å². The highest BCUT2D eigenvalue weighted by Crippen LogP contribution is 2.26. The molecule has 3 nitrogen and oxygen atoms in total. The van der Waals surface area contributed by atoms with Gasteiger partial charge in [-0.3, -0.25) is 0 Å². The summed E-state index contributed by atoms with van der Waals surface area (Å²) in [6.45, 7) is 13.0. The molecule has 1 aromatic heterocycles. The normalized spacial score (nSPS) is 11.7. The number of anilines is 1. The first kappa shape index (κ1) is 11.8.